The van der Waals surface area contributed by atoms with Crippen molar-refractivity contribution in [1.29, 1.82) is 0 Å². The van der Waals surface area contributed by atoms with Gasteiger partial charge in [0, 0.05) is 44.2 Å². The number of benzene rings is 2. The summed E-state index contributed by atoms with van der Waals surface area (Å²) in [6.07, 6.45) is 5.21. The van der Waals surface area contributed by atoms with Crippen molar-refractivity contribution in [2.24, 2.45) is 11.7 Å². The van der Waals surface area contributed by atoms with Crippen LogP contribution in [-0.4, -0.2) is 78.7 Å². The van der Waals surface area contributed by atoms with Gasteiger partial charge in [0.15, 0.2) is 0 Å². The average molecular weight is 549 g/mol. The lowest BCUT2D eigenvalue weighted by atomic mass is 9.88. The number of piperidine rings is 1. The fourth-order valence-electron chi connectivity index (χ4n) is 5.82. The van der Waals surface area contributed by atoms with Crippen LogP contribution in [0.5, 0.6) is 0 Å². The summed E-state index contributed by atoms with van der Waals surface area (Å²) in [5.74, 6) is 0.435. The Morgan fingerprint density at radius 1 is 0.921 bits per heavy atom. The third-order valence-electron chi connectivity index (χ3n) is 8.22. The first-order chi connectivity index (χ1) is 18.6. The van der Waals surface area contributed by atoms with Crippen LogP contribution in [0.4, 0.5) is 0 Å². The number of likely N-dealkylation sites (tertiary alicyclic amines) is 1. The number of thioether (sulfide) groups is 1. The topological polar surface area (TPSA) is 52.8 Å². The molecule has 5 rings (SSSR count). The molecule has 0 bridgehead atoms. The molecule has 38 heavy (non-hydrogen) atoms. The molecule has 202 valence electrons. The Morgan fingerprint density at radius 3 is 2.37 bits per heavy atom. The quantitative estimate of drug-likeness (QED) is 0.379. The van der Waals surface area contributed by atoms with Crippen LogP contribution in [0.1, 0.15) is 24.0 Å². The lowest BCUT2D eigenvalue weighted by Gasteiger charge is -2.39. The van der Waals surface area contributed by atoms with E-state index in [1.807, 2.05) is 4.90 Å². The maximum Gasteiger partial charge on any atom is 0.239 e. The van der Waals surface area contributed by atoms with E-state index < -0.39 is 0 Å². The molecule has 0 aliphatic carbocycles. The molecule has 2 aromatic carbocycles. The zero-order chi connectivity index (χ0) is 26.3. The van der Waals surface area contributed by atoms with E-state index in [4.69, 9.17) is 5.73 Å². The predicted octanol–water partition coefficient (Wildman–Crippen LogP) is 5.06. The van der Waals surface area contributed by atoms with Gasteiger partial charge in [-0.15, -0.1) is 11.8 Å². The molecular formula is C31H40N4OS2. The largest absolute Gasteiger partial charge is 0.339 e. The predicted molar refractivity (Wildman–Crippen MR) is 161 cm³/mol. The molecule has 7 heteroatoms. The van der Waals surface area contributed by atoms with Gasteiger partial charge in [-0.2, -0.15) is 11.3 Å². The van der Waals surface area contributed by atoms with Crippen molar-refractivity contribution in [3.63, 3.8) is 0 Å². The number of nitrogens with two attached hydrogens (primary N) is 1. The summed E-state index contributed by atoms with van der Waals surface area (Å²) in [6.45, 7) is 7.43. The van der Waals surface area contributed by atoms with Gasteiger partial charge in [0.2, 0.25) is 5.91 Å². The fraction of sp³-hybridized carbons (Fsp3) is 0.452. The second kappa shape index (κ2) is 13.3. The number of piperazine rings is 1. The van der Waals surface area contributed by atoms with E-state index in [9.17, 15) is 4.79 Å². The van der Waals surface area contributed by atoms with Gasteiger partial charge in [-0.05, 0) is 83.6 Å². The van der Waals surface area contributed by atoms with Gasteiger partial charge in [-0.3, -0.25) is 9.69 Å². The van der Waals surface area contributed by atoms with E-state index in [1.54, 1.807) is 23.1 Å². The Balaban J connectivity index is 1.05. The third-order valence-corrected chi connectivity index (χ3v) is 9.85. The Labute approximate surface area is 236 Å². The SMILES string of the molecule is CSc1ccccc1CN1CCN(C(=O)[C@H](N)C2CCN(CCc3cscc3-c3ccccc3)CC2)CC1. The highest BCUT2D eigenvalue weighted by Gasteiger charge is 2.32. The van der Waals surface area contributed by atoms with Crippen molar-refractivity contribution < 1.29 is 4.79 Å². The Morgan fingerprint density at radius 2 is 1.63 bits per heavy atom. The summed E-state index contributed by atoms with van der Waals surface area (Å²) in [5.41, 5.74) is 12.1. The van der Waals surface area contributed by atoms with Gasteiger partial charge in [0.05, 0.1) is 6.04 Å². The Hall–Kier alpha value is -2.16. The monoisotopic (exact) mass is 548 g/mol. The Bertz CT molecular complexity index is 1170. The maximum absolute atomic E-state index is 13.3. The van der Waals surface area contributed by atoms with E-state index in [-0.39, 0.29) is 17.9 Å². The standard InChI is InChI=1S/C31H40N4OS2/c1-37-29-10-6-5-9-26(29)21-34-17-19-35(20-18-34)31(36)30(32)25-11-14-33(15-12-25)16-13-27-22-38-23-28(27)24-7-3-2-4-8-24/h2-10,22-23,25,30H,11-21,32H2,1H3/t30-/m1/s1. The molecule has 2 fully saturated rings. The summed E-state index contributed by atoms with van der Waals surface area (Å²) in [6, 6.07) is 18.9. The summed E-state index contributed by atoms with van der Waals surface area (Å²) in [5, 5.41) is 4.56. The molecule has 5 nitrogen and oxygen atoms in total. The summed E-state index contributed by atoms with van der Waals surface area (Å²) in [4.78, 5) is 21.6. The molecule has 0 unspecified atom stereocenters. The Kier molecular flexibility index (Phi) is 9.57. The molecule has 3 heterocycles. The van der Waals surface area contributed by atoms with E-state index >= 15 is 0 Å². The second-order valence-corrected chi connectivity index (χ2v) is 12.1. The van der Waals surface area contributed by atoms with Crippen LogP contribution in [0, 0.1) is 5.92 Å². The van der Waals surface area contributed by atoms with Crippen LogP contribution in [0.3, 0.4) is 0 Å². The normalized spacial score (nSPS) is 18.5. The first-order valence-corrected chi connectivity index (χ1v) is 16.0. The molecule has 2 saturated heterocycles. The van der Waals surface area contributed by atoms with Gasteiger partial charge in [-0.25, -0.2) is 0 Å². The van der Waals surface area contributed by atoms with Gasteiger partial charge in [-0.1, -0.05) is 48.5 Å². The number of thiophene rings is 1. The van der Waals surface area contributed by atoms with E-state index in [2.05, 4.69) is 81.4 Å². The summed E-state index contributed by atoms with van der Waals surface area (Å²) >= 11 is 3.59. The van der Waals surface area contributed by atoms with E-state index in [0.29, 0.717) is 0 Å². The molecular weight excluding hydrogens is 509 g/mol. The highest BCUT2D eigenvalue weighted by Crippen LogP contribution is 2.29. The number of rotatable bonds is 9. The molecule has 1 amide bonds. The van der Waals surface area contributed by atoms with Crippen LogP contribution in [-0.2, 0) is 17.8 Å². The maximum atomic E-state index is 13.3. The molecule has 0 radical (unpaired) electrons. The van der Waals surface area contributed by atoms with Crippen LogP contribution in [0.2, 0.25) is 0 Å². The number of hydrogen-bond donors (Lipinski definition) is 1. The molecule has 2 aliphatic rings. The number of nitrogens with zero attached hydrogens (tertiary/aromatic N) is 3. The molecule has 0 saturated carbocycles. The molecule has 2 N–H and O–H groups in total. The van der Waals surface area contributed by atoms with Gasteiger partial charge >= 0.3 is 0 Å². The van der Waals surface area contributed by atoms with Gasteiger partial charge < -0.3 is 15.5 Å². The van der Waals surface area contributed by atoms with Crippen LogP contribution >= 0.6 is 23.1 Å². The minimum Gasteiger partial charge on any atom is -0.339 e. The first-order valence-electron chi connectivity index (χ1n) is 13.8. The van der Waals surface area contributed by atoms with Crippen molar-refractivity contribution in [3.8, 4) is 11.1 Å². The van der Waals surface area contributed by atoms with Gasteiger partial charge in [0.1, 0.15) is 0 Å². The second-order valence-electron chi connectivity index (χ2n) is 10.5. The lowest BCUT2D eigenvalue weighted by molar-refractivity contribution is -0.136. The number of hydrogen-bond acceptors (Lipinski definition) is 6. The van der Waals surface area contributed by atoms with Crippen molar-refractivity contribution in [2.45, 2.75) is 36.7 Å². The van der Waals surface area contributed by atoms with E-state index in [1.165, 1.54) is 27.1 Å². The number of amides is 1. The first kappa shape index (κ1) is 27.4. The smallest absolute Gasteiger partial charge is 0.239 e. The molecule has 2 aliphatic heterocycles. The van der Waals surface area contributed by atoms with Crippen LogP contribution in [0.25, 0.3) is 11.1 Å². The zero-order valence-electron chi connectivity index (χ0n) is 22.4. The summed E-state index contributed by atoms with van der Waals surface area (Å²) < 4.78 is 0. The molecule has 3 aromatic rings. The minimum atomic E-state index is -0.373. The average Bonchev–Trinajstić information content (AvgIpc) is 3.45. The molecule has 0 spiro atoms. The highest BCUT2D eigenvalue weighted by atomic mass is 32.2. The van der Waals surface area contributed by atoms with Crippen molar-refractivity contribution in [2.75, 3.05) is 52.1 Å². The molecule has 1 aromatic heterocycles. The minimum absolute atomic E-state index is 0.151. The van der Waals surface area contributed by atoms with Gasteiger partial charge in [0.25, 0.3) is 0 Å². The van der Waals surface area contributed by atoms with Crippen molar-refractivity contribution in [3.05, 3.63) is 76.5 Å². The van der Waals surface area contributed by atoms with Crippen LogP contribution < -0.4 is 5.73 Å². The fourth-order valence-corrected chi connectivity index (χ4v) is 7.33. The lowest BCUT2D eigenvalue weighted by Crippen LogP contribution is -2.55. The highest BCUT2D eigenvalue weighted by molar-refractivity contribution is 7.98. The summed E-state index contributed by atoms with van der Waals surface area (Å²) in [7, 11) is 0. The third kappa shape index (κ3) is 6.69. The molecule has 1 atom stereocenters. The number of carbonyl (C=O) groups excluding carboxylic acids is 1. The van der Waals surface area contributed by atoms with Crippen molar-refractivity contribution >= 4 is 29.0 Å². The zero-order valence-corrected chi connectivity index (χ0v) is 24.1. The number of carbonyl (C=O) groups is 1. The van der Waals surface area contributed by atoms with Crippen LogP contribution in [0.15, 0.2) is 70.3 Å². The van der Waals surface area contributed by atoms with Crippen molar-refractivity contribution in [1.82, 2.24) is 14.7 Å². The van der Waals surface area contributed by atoms with E-state index in [0.717, 1.165) is 71.6 Å².